The smallest absolute Gasteiger partial charge is 0.247 e. The number of benzene rings is 1. The van der Waals surface area contributed by atoms with Crippen LogP contribution in [0, 0.1) is 0 Å². The summed E-state index contributed by atoms with van der Waals surface area (Å²) in [7, 11) is -2.19. The van der Waals surface area contributed by atoms with Crippen LogP contribution in [0.5, 0.6) is 5.75 Å². The molecule has 7 heteroatoms. The molecular weight excluding hydrogens is 308 g/mol. The number of thiophene rings is 1. The maximum Gasteiger partial charge on any atom is 0.247 e. The van der Waals surface area contributed by atoms with Gasteiger partial charge in [0.05, 0.1) is 7.11 Å². The number of sulfonamides is 1. The molecule has 0 fully saturated rings. The van der Waals surface area contributed by atoms with E-state index in [2.05, 4.69) is 0 Å². The van der Waals surface area contributed by atoms with Crippen LogP contribution >= 0.6 is 11.3 Å². The molecule has 0 aliphatic rings. The van der Waals surface area contributed by atoms with E-state index < -0.39 is 10.0 Å². The maximum atomic E-state index is 12.8. The molecule has 1 aromatic heterocycles. The van der Waals surface area contributed by atoms with Gasteiger partial charge >= 0.3 is 0 Å². The summed E-state index contributed by atoms with van der Waals surface area (Å²) >= 11 is 1.53. The Kier molecular flexibility index (Phi) is 4.87. The molecule has 0 radical (unpaired) electrons. The minimum atomic E-state index is -3.63. The van der Waals surface area contributed by atoms with E-state index in [0.29, 0.717) is 18.8 Å². The molecule has 0 unspecified atom stereocenters. The highest BCUT2D eigenvalue weighted by Gasteiger charge is 2.27. The molecule has 114 valence electrons. The molecule has 0 saturated carbocycles. The van der Waals surface area contributed by atoms with Gasteiger partial charge in [-0.25, -0.2) is 8.42 Å². The lowest BCUT2D eigenvalue weighted by atomic mass is 10.3. The number of methoxy groups -OCH3 is 1. The lowest BCUT2D eigenvalue weighted by Gasteiger charge is -2.21. The van der Waals surface area contributed by atoms with E-state index in [-0.39, 0.29) is 10.6 Å². The highest BCUT2D eigenvalue weighted by atomic mass is 32.2. The molecule has 21 heavy (non-hydrogen) atoms. The van der Waals surface area contributed by atoms with E-state index in [1.807, 2.05) is 24.4 Å². The summed E-state index contributed by atoms with van der Waals surface area (Å²) in [5, 5.41) is 1.93. The largest absolute Gasteiger partial charge is 0.495 e. The highest BCUT2D eigenvalue weighted by Crippen LogP contribution is 2.29. The van der Waals surface area contributed by atoms with Crippen molar-refractivity contribution in [3.63, 3.8) is 0 Å². The zero-order chi connectivity index (χ0) is 15.5. The van der Waals surface area contributed by atoms with E-state index in [4.69, 9.17) is 10.5 Å². The summed E-state index contributed by atoms with van der Waals surface area (Å²) in [6, 6.07) is 8.40. The second kappa shape index (κ2) is 6.46. The zero-order valence-corrected chi connectivity index (χ0v) is 13.6. The predicted molar refractivity (Wildman–Crippen MR) is 85.0 cm³/mol. The molecular formula is C14H18N2O3S2. The third kappa shape index (κ3) is 3.37. The van der Waals surface area contributed by atoms with Gasteiger partial charge in [0, 0.05) is 29.7 Å². The number of hydrogen-bond acceptors (Lipinski definition) is 5. The van der Waals surface area contributed by atoms with Gasteiger partial charge in [-0.3, -0.25) is 0 Å². The van der Waals surface area contributed by atoms with Gasteiger partial charge in [-0.2, -0.15) is 4.31 Å². The lowest BCUT2D eigenvalue weighted by molar-refractivity contribution is 0.392. The molecule has 0 aliphatic heterocycles. The third-order valence-corrected chi connectivity index (χ3v) is 5.89. The van der Waals surface area contributed by atoms with Crippen LogP contribution in [-0.4, -0.2) is 26.4 Å². The minimum absolute atomic E-state index is 0.137. The standard InChI is InChI=1S/C14H18N2O3S2/c1-3-16(10-12-5-4-8-20-12)21(17,18)14-7-6-11(15)9-13(14)19-2/h4-9H,3,10,15H2,1-2H3. The fraction of sp³-hybridized carbons (Fsp3) is 0.286. The fourth-order valence-electron chi connectivity index (χ4n) is 1.98. The Morgan fingerprint density at radius 2 is 2.10 bits per heavy atom. The van der Waals surface area contributed by atoms with E-state index in [0.717, 1.165) is 4.88 Å². The van der Waals surface area contributed by atoms with Gasteiger partial charge in [-0.1, -0.05) is 13.0 Å². The Balaban J connectivity index is 2.39. The van der Waals surface area contributed by atoms with Crippen LogP contribution in [0.2, 0.25) is 0 Å². The molecule has 2 N–H and O–H groups in total. The van der Waals surface area contributed by atoms with Gasteiger partial charge in [0.1, 0.15) is 10.6 Å². The number of rotatable bonds is 6. The van der Waals surface area contributed by atoms with Crippen LogP contribution in [0.25, 0.3) is 0 Å². The van der Waals surface area contributed by atoms with Gasteiger partial charge in [-0.05, 0) is 23.6 Å². The first kappa shape index (κ1) is 15.8. The second-order valence-electron chi connectivity index (χ2n) is 4.42. The maximum absolute atomic E-state index is 12.8. The predicted octanol–water partition coefficient (Wildman–Crippen LogP) is 2.55. The first-order valence-electron chi connectivity index (χ1n) is 6.45. The summed E-state index contributed by atoms with van der Waals surface area (Å²) in [6.45, 7) is 2.55. The average Bonchev–Trinajstić information content (AvgIpc) is 2.97. The molecule has 0 amide bonds. The number of hydrogen-bond donors (Lipinski definition) is 1. The molecule has 1 heterocycles. The summed E-state index contributed by atoms with van der Waals surface area (Å²) in [4.78, 5) is 1.13. The summed E-state index contributed by atoms with van der Waals surface area (Å²) in [6.07, 6.45) is 0. The Bertz CT molecular complexity index is 697. The van der Waals surface area contributed by atoms with Crippen molar-refractivity contribution >= 4 is 27.0 Å². The first-order valence-corrected chi connectivity index (χ1v) is 8.77. The molecule has 2 aromatic rings. The van der Waals surface area contributed by atoms with Crippen molar-refractivity contribution in [3.05, 3.63) is 40.6 Å². The number of ether oxygens (including phenoxy) is 1. The normalized spacial score (nSPS) is 11.8. The molecule has 0 bridgehead atoms. The van der Waals surface area contributed by atoms with E-state index in [1.165, 1.54) is 34.9 Å². The van der Waals surface area contributed by atoms with E-state index in [1.54, 1.807) is 6.07 Å². The number of nitrogens with two attached hydrogens (primary N) is 1. The molecule has 2 rings (SSSR count). The quantitative estimate of drug-likeness (QED) is 0.828. The first-order chi connectivity index (χ1) is 9.98. The minimum Gasteiger partial charge on any atom is -0.495 e. The van der Waals surface area contributed by atoms with Crippen molar-refractivity contribution in [1.29, 1.82) is 0 Å². The summed E-state index contributed by atoms with van der Waals surface area (Å²) in [5.41, 5.74) is 6.14. The molecule has 1 aromatic carbocycles. The van der Waals surface area contributed by atoms with Crippen LogP contribution < -0.4 is 10.5 Å². The molecule has 0 atom stereocenters. The van der Waals surface area contributed by atoms with Gasteiger partial charge < -0.3 is 10.5 Å². The van der Waals surface area contributed by atoms with Crippen LogP contribution in [0.15, 0.2) is 40.6 Å². The van der Waals surface area contributed by atoms with Crippen molar-refractivity contribution in [3.8, 4) is 5.75 Å². The van der Waals surface area contributed by atoms with Gasteiger partial charge in [0.15, 0.2) is 0 Å². The SMILES string of the molecule is CCN(Cc1cccs1)S(=O)(=O)c1ccc(N)cc1OC. The Morgan fingerprint density at radius 3 is 2.67 bits per heavy atom. The van der Waals surface area contributed by atoms with Crippen LogP contribution in [-0.2, 0) is 16.6 Å². The van der Waals surface area contributed by atoms with E-state index in [9.17, 15) is 8.42 Å². The van der Waals surface area contributed by atoms with E-state index >= 15 is 0 Å². The van der Waals surface area contributed by atoms with Gasteiger partial charge in [-0.15, -0.1) is 11.3 Å². The monoisotopic (exact) mass is 326 g/mol. The van der Waals surface area contributed by atoms with Crippen molar-refractivity contribution in [2.24, 2.45) is 0 Å². The molecule has 0 spiro atoms. The second-order valence-corrected chi connectivity index (χ2v) is 7.36. The molecule has 0 aliphatic carbocycles. The fourth-order valence-corrected chi connectivity index (χ4v) is 4.34. The molecule has 0 saturated heterocycles. The summed E-state index contributed by atoms with van der Waals surface area (Å²) in [5.74, 6) is 0.264. The van der Waals surface area contributed by atoms with Crippen molar-refractivity contribution in [1.82, 2.24) is 4.31 Å². The average molecular weight is 326 g/mol. The number of nitrogens with zero attached hydrogens (tertiary/aromatic N) is 1. The van der Waals surface area contributed by atoms with Gasteiger partial charge in [0.2, 0.25) is 10.0 Å². The third-order valence-electron chi connectivity index (χ3n) is 3.07. The number of anilines is 1. The van der Waals surface area contributed by atoms with Crippen molar-refractivity contribution in [2.75, 3.05) is 19.4 Å². The lowest BCUT2D eigenvalue weighted by Crippen LogP contribution is -2.30. The Morgan fingerprint density at radius 1 is 1.33 bits per heavy atom. The Labute approximate surface area is 129 Å². The van der Waals surface area contributed by atoms with Crippen molar-refractivity contribution < 1.29 is 13.2 Å². The van der Waals surface area contributed by atoms with Crippen LogP contribution in [0.3, 0.4) is 0 Å². The molecule has 5 nitrogen and oxygen atoms in total. The topological polar surface area (TPSA) is 72.6 Å². The number of nitrogen functional groups attached to an aromatic ring is 1. The zero-order valence-electron chi connectivity index (χ0n) is 11.9. The van der Waals surface area contributed by atoms with Crippen molar-refractivity contribution in [2.45, 2.75) is 18.4 Å². The summed E-state index contributed by atoms with van der Waals surface area (Å²) < 4.78 is 32.2. The Hall–Kier alpha value is -1.57. The highest BCUT2D eigenvalue weighted by molar-refractivity contribution is 7.89. The van der Waals surface area contributed by atoms with Gasteiger partial charge in [0.25, 0.3) is 0 Å². The van der Waals surface area contributed by atoms with Crippen LogP contribution in [0.4, 0.5) is 5.69 Å². The van der Waals surface area contributed by atoms with Crippen LogP contribution in [0.1, 0.15) is 11.8 Å².